The van der Waals surface area contributed by atoms with E-state index < -0.39 is 0 Å². The summed E-state index contributed by atoms with van der Waals surface area (Å²) < 4.78 is 7.83. The van der Waals surface area contributed by atoms with E-state index in [9.17, 15) is 0 Å². The number of aromatic nitrogens is 2. The van der Waals surface area contributed by atoms with Gasteiger partial charge in [0, 0.05) is 0 Å². The minimum absolute atomic E-state index is 0.192. The van der Waals surface area contributed by atoms with Crippen LogP contribution in [-0.4, -0.2) is 23.6 Å². The first-order chi connectivity index (χ1) is 25.3. The molecule has 8 aromatic carbocycles. The molecule has 0 bridgehead atoms. The van der Waals surface area contributed by atoms with Gasteiger partial charge in [-0.2, -0.15) is 0 Å². The van der Waals surface area contributed by atoms with Gasteiger partial charge in [-0.05, 0) is 0 Å². The third-order valence-corrected chi connectivity index (χ3v) is 13.1. The molecule has 0 atom stereocenters. The second-order valence-corrected chi connectivity index (χ2v) is 15.5. The predicted molar refractivity (Wildman–Crippen MR) is 218 cm³/mol. The standard InChI is InChI=1S/C48H30N2Se/c1-2-12-31(13-3-1)32-24-26-33(27-25-32)35-17-10-18-39-47-45(22-11-23-46(47)51-48(35)39)50-43-21-9-6-16-38(43)40-30-34(28-29-44(40)50)49-41-19-7-4-14-36(41)37-15-5-8-20-42(37)49/h1-30H. The summed E-state index contributed by atoms with van der Waals surface area (Å²) in [6, 6.07) is 67.0. The number of fused-ring (bicyclic) bond motifs is 9. The Hall–Kier alpha value is -6.12. The molecule has 0 fully saturated rings. The van der Waals surface area contributed by atoms with E-state index in [4.69, 9.17) is 0 Å². The van der Waals surface area contributed by atoms with E-state index >= 15 is 0 Å². The molecule has 0 amide bonds. The van der Waals surface area contributed by atoms with Crippen molar-refractivity contribution in [3.8, 4) is 33.6 Å². The fraction of sp³-hybridized carbons (Fsp3) is 0. The summed E-state index contributed by atoms with van der Waals surface area (Å²) in [5, 5.41) is 7.81. The summed E-state index contributed by atoms with van der Waals surface area (Å²) in [6.07, 6.45) is 0. The van der Waals surface area contributed by atoms with Crippen molar-refractivity contribution in [2.45, 2.75) is 0 Å². The van der Waals surface area contributed by atoms with Crippen LogP contribution in [-0.2, 0) is 0 Å². The normalized spacial score (nSPS) is 11.9. The average molecular weight is 714 g/mol. The van der Waals surface area contributed by atoms with Crippen LogP contribution in [0.1, 0.15) is 0 Å². The number of rotatable bonds is 4. The zero-order chi connectivity index (χ0) is 33.5. The van der Waals surface area contributed by atoms with Crippen molar-refractivity contribution >= 4 is 77.4 Å². The summed E-state index contributed by atoms with van der Waals surface area (Å²) >= 11 is 0.192. The summed E-state index contributed by atoms with van der Waals surface area (Å²) in [4.78, 5) is 0. The van der Waals surface area contributed by atoms with Crippen LogP contribution in [0.15, 0.2) is 182 Å². The van der Waals surface area contributed by atoms with Crippen LogP contribution in [0.25, 0.3) is 96.5 Å². The molecule has 0 radical (unpaired) electrons. The molecule has 51 heavy (non-hydrogen) atoms. The van der Waals surface area contributed by atoms with Crippen molar-refractivity contribution in [3.05, 3.63) is 182 Å². The van der Waals surface area contributed by atoms with Gasteiger partial charge in [0.2, 0.25) is 0 Å². The molecule has 2 nitrogen and oxygen atoms in total. The number of benzene rings is 8. The summed E-state index contributed by atoms with van der Waals surface area (Å²) in [6.45, 7) is 0. The number of para-hydroxylation sites is 3. The molecule has 0 saturated heterocycles. The van der Waals surface area contributed by atoms with Crippen LogP contribution >= 0.6 is 0 Å². The molecule has 11 aromatic rings. The molecular formula is C48H30N2Se. The Kier molecular flexibility index (Phi) is 6.30. The van der Waals surface area contributed by atoms with Gasteiger partial charge >= 0.3 is 290 Å². The molecule has 11 rings (SSSR count). The van der Waals surface area contributed by atoms with Crippen molar-refractivity contribution < 1.29 is 0 Å². The van der Waals surface area contributed by atoms with E-state index in [-0.39, 0.29) is 14.5 Å². The van der Waals surface area contributed by atoms with Crippen molar-refractivity contribution in [1.29, 1.82) is 0 Å². The van der Waals surface area contributed by atoms with Crippen LogP contribution < -0.4 is 0 Å². The third kappa shape index (κ3) is 4.29. The van der Waals surface area contributed by atoms with Crippen molar-refractivity contribution in [2.24, 2.45) is 0 Å². The Balaban J connectivity index is 1.12. The summed E-state index contributed by atoms with van der Waals surface area (Å²) in [7, 11) is 0. The maximum atomic E-state index is 2.51. The fourth-order valence-corrected chi connectivity index (χ4v) is 10.9. The molecule has 0 unspecified atom stereocenters. The molecule has 0 N–H and O–H groups in total. The van der Waals surface area contributed by atoms with Crippen molar-refractivity contribution in [2.75, 3.05) is 0 Å². The fourth-order valence-electron chi connectivity index (χ4n) is 8.28. The van der Waals surface area contributed by atoms with Gasteiger partial charge in [-0.1, -0.05) is 12.1 Å². The van der Waals surface area contributed by atoms with Gasteiger partial charge in [-0.3, -0.25) is 0 Å². The Morgan fingerprint density at radius 2 is 0.902 bits per heavy atom. The van der Waals surface area contributed by atoms with Gasteiger partial charge < -0.3 is 0 Å². The Labute approximate surface area is 300 Å². The monoisotopic (exact) mass is 714 g/mol. The first-order valence-corrected chi connectivity index (χ1v) is 19.2. The maximum absolute atomic E-state index is 2.51. The molecule has 0 spiro atoms. The predicted octanol–water partition coefficient (Wildman–Crippen LogP) is 12.6. The van der Waals surface area contributed by atoms with E-state index in [2.05, 4.69) is 191 Å². The number of hydrogen-bond acceptors (Lipinski definition) is 0. The average Bonchev–Trinajstić information content (AvgIpc) is 3.86. The van der Waals surface area contributed by atoms with Crippen molar-refractivity contribution in [1.82, 2.24) is 9.13 Å². The van der Waals surface area contributed by atoms with Crippen LogP contribution in [0.4, 0.5) is 0 Å². The Morgan fingerprint density at radius 3 is 1.63 bits per heavy atom. The van der Waals surface area contributed by atoms with Crippen LogP contribution in [0.2, 0.25) is 0 Å². The molecule has 3 heterocycles. The molecule has 0 saturated carbocycles. The van der Waals surface area contributed by atoms with Gasteiger partial charge in [0.05, 0.1) is 0 Å². The molecular weight excluding hydrogens is 684 g/mol. The second-order valence-electron chi connectivity index (χ2n) is 13.3. The topological polar surface area (TPSA) is 9.86 Å². The van der Waals surface area contributed by atoms with Crippen LogP contribution in [0.3, 0.4) is 0 Å². The zero-order valence-electron chi connectivity index (χ0n) is 27.6. The SMILES string of the molecule is c1ccc(-c2ccc(-c3cccc4c3[se]c3cccc(-n5c6ccccc6c6cc(-n7c8ccccc8c8ccccc87)ccc65)c34)cc2)cc1. The Morgan fingerprint density at radius 1 is 0.353 bits per heavy atom. The first-order valence-electron chi connectivity index (χ1n) is 17.4. The molecule has 0 aliphatic carbocycles. The summed E-state index contributed by atoms with van der Waals surface area (Å²) in [5.74, 6) is 0. The molecule has 238 valence electrons. The Bertz CT molecular complexity index is 3070. The van der Waals surface area contributed by atoms with E-state index in [1.165, 1.54) is 96.5 Å². The van der Waals surface area contributed by atoms with Crippen LogP contribution in [0.5, 0.6) is 0 Å². The third-order valence-electron chi connectivity index (χ3n) is 10.5. The van der Waals surface area contributed by atoms with Gasteiger partial charge in [0.1, 0.15) is 0 Å². The van der Waals surface area contributed by atoms with E-state index in [0.717, 1.165) is 0 Å². The van der Waals surface area contributed by atoms with E-state index in [1.54, 1.807) is 0 Å². The van der Waals surface area contributed by atoms with Crippen molar-refractivity contribution in [3.63, 3.8) is 0 Å². The van der Waals surface area contributed by atoms with Gasteiger partial charge in [-0.25, -0.2) is 0 Å². The van der Waals surface area contributed by atoms with E-state index in [0.29, 0.717) is 0 Å². The minimum atomic E-state index is 0.192. The van der Waals surface area contributed by atoms with Gasteiger partial charge in [-0.15, -0.1) is 0 Å². The number of nitrogens with zero attached hydrogens (tertiary/aromatic N) is 2. The summed E-state index contributed by atoms with van der Waals surface area (Å²) in [5.41, 5.74) is 12.5. The zero-order valence-corrected chi connectivity index (χ0v) is 29.3. The first kappa shape index (κ1) is 28.7. The van der Waals surface area contributed by atoms with Crippen LogP contribution in [0, 0.1) is 0 Å². The number of hydrogen-bond donors (Lipinski definition) is 0. The quantitative estimate of drug-likeness (QED) is 0.161. The van der Waals surface area contributed by atoms with Gasteiger partial charge in [0.15, 0.2) is 0 Å². The molecule has 3 heteroatoms. The molecule has 0 aliphatic rings. The van der Waals surface area contributed by atoms with Gasteiger partial charge in [0.25, 0.3) is 0 Å². The second kappa shape index (κ2) is 11.2. The van der Waals surface area contributed by atoms with E-state index in [1.807, 2.05) is 0 Å². The molecule has 0 aliphatic heterocycles. The molecule has 3 aromatic heterocycles.